The van der Waals surface area contributed by atoms with Gasteiger partial charge in [-0.1, -0.05) is 18.2 Å². The largest absolute Gasteiger partial charge is 0.497 e. The molecule has 2 aromatic carbocycles. The minimum Gasteiger partial charge on any atom is -0.497 e. The van der Waals surface area contributed by atoms with Gasteiger partial charge in [-0.05, 0) is 24.3 Å². The van der Waals surface area contributed by atoms with Crippen molar-refractivity contribution in [1.82, 2.24) is 9.55 Å². The quantitative estimate of drug-likeness (QED) is 0.619. The highest BCUT2D eigenvalue weighted by atomic mass is 16.6. The Bertz CT molecular complexity index is 859. The molecule has 0 amide bonds. The lowest BCUT2D eigenvalue weighted by Gasteiger charge is -2.19. The first-order valence-corrected chi connectivity index (χ1v) is 7.99. The van der Waals surface area contributed by atoms with Crippen molar-refractivity contribution < 1.29 is 19.0 Å². The van der Waals surface area contributed by atoms with Crippen LogP contribution in [0, 0.1) is 0 Å². The number of carbonyl (C=O) groups excluding carboxylic acids is 1. The summed E-state index contributed by atoms with van der Waals surface area (Å²) in [5, 5.41) is 0. The van der Waals surface area contributed by atoms with Gasteiger partial charge < -0.3 is 18.8 Å². The van der Waals surface area contributed by atoms with E-state index in [9.17, 15) is 4.79 Å². The van der Waals surface area contributed by atoms with E-state index < -0.39 is 6.10 Å². The summed E-state index contributed by atoms with van der Waals surface area (Å²) in [6, 6.07) is 15.1. The lowest BCUT2D eigenvalue weighted by atomic mass is 10.3. The molecule has 0 saturated heterocycles. The van der Waals surface area contributed by atoms with E-state index in [1.165, 1.54) is 6.92 Å². The molecule has 0 fully saturated rings. The van der Waals surface area contributed by atoms with Crippen molar-refractivity contribution in [3.63, 3.8) is 0 Å². The summed E-state index contributed by atoms with van der Waals surface area (Å²) in [5.74, 6) is 1.03. The van der Waals surface area contributed by atoms with Crippen LogP contribution in [0.1, 0.15) is 6.92 Å². The summed E-state index contributed by atoms with van der Waals surface area (Å²) < 4.78 is 18.3. The van der Waals surface area contributed by atoms with Gasteiger partial charge in [0.15, 0.2) is 6.10 Å². The lowest BCUT2D eigenvalue weighted by Crippen LogP contribution is -2.28. The number of hydrogen-bond acceptors (Lipinski definition) is 5. The molecule has 0 aliphatic carbocycles. The zero-order valence-corrected chi connectivity index (χ0v) is 14.2. The summed E-state index contributed by atoms with van der Waals surface area (Å²) in [6.07, 6.45) is 1.31. The number of para-hydroxylation sites is 2. The van der Waals surface area contributed by atoms with Gasteiger partial charge in [0.2, 0.25) is 0 Å². The minimum absolute atomic E-state index is 0.235. The molecule has 1 heterocycles. The average molecular weight is 340 g/mol. The van der Waals surface area contributed by atoms with Gasteiger partial charge in [-0.2, -0.15) is 0 Å². The lowest BCUT2D eigenvalue weighted by molar-refractivity contribution is -0.148. The molecule has 0 unspecified atom stereocenters. The van der Waals surface area contributed by atoms with E-state index in [2.05, 4.69) is 4.98 Å². The molecular weight excluding hydrogens is 320 g/mol. The number of benzene rings is 2. The summed E-state index contributed by atoms with van der Waals surface area (Å²) in [6.45, 7) is 2.09. The monoisotopic (exact) mass is 340 g/mol. The normalized spacial score (nSPS) is 11.9. The van der Waals surface area contributed by atoms with Crippen LogP contribution in [0.3, 0.4) is 0 Å². The van der Waals surface area contributed by atoms with Crippen LogP contribution in [0.2, 0.25) is 0 Å². The second-order valence-corrected chi connectivity index (χ2v) is 5.61. The molecule has 0 N–H and O–H groups in total. The molecule has 0 saturated carbocycles. The predicted molar refractivity (Wildman–Crippen MR) is 93.8 cm³/mol. The number of ether oxygens (including phenoxy) is 3. The molecule has 1 aromatic heterocycles. The number of imidazole rings is 1. The van der Waals surface area contributed by atoms with Crippen LogP contribution >= 0.6 is 0 Å². The third kappa shape index (κ3) is 4.29. The Hall–Kier alpha value is -3.02. The molecule has 3 rings (SSSR count). The molecule has 0 spiro atoms. The second kappa shape index (κ2) is 7.70. The second-order valence-electron chi connectivity index (χ2n) is 5.61. The van der Waals surface area contributed by atoms with Gasteiger partial charge >= 0.3 is 5.97 Å². The fraction of sp³-hybridized carbons (Fsp3) is 0.263. The average Bonchev–Trinajstić information content (AvgIpc) is 3.02. The molecule has 25 heavy (non-hydrogen) atoms. The van der Waals surface area contributed by atoms with E-state index in [4.69, 9.17) is 14.2 Å². The molecule has 0 aliphatic rings. The van der Waals surface area contributed by atoms with Crippen LogP contribution in [0.5, 0.6) is 11.5 Å². The Morgan fingerprint density at radius 1 is 1.16 bits per heavy atom. The van der Waals surface area contributed by atoms with Gasteiger partial charge in [0.25, 0.3) is 0 Å². The van der Waals surface area contributed by atoms with Crippen molar-refractivity contribution in [3.05, 3.63) is 54.9 Å². The highest BCUT2D eigenvalue weighted by Gasteiger charge is 2.16. The first kappa shape index (κ1) is 16.8. The van der Waals surface area contributed by atoms with Crippen molar-refractivity contribution in [1.29, 1.82) is 0 Å². The fourth-order valence-electron chi connectivity index (χ4n) is 2.61. The Morgan fingerprint density at radius 3 is 2.76 bits per heavy atom. The highest BCUT2D eigenvalue weighted by Crippen LogP contribution is 2.20. The van der Waals surface area contributed by atoms with Gasteiger partial charge in [0.05, 0.1) is 31.0 Å². The van der Waals surface area contributed by atoms with Gasteiger partial charge in [-0.3, -0.25) is 4.79 Å². The molecule has 1 atom stereocenters. The number of aromatic nitrogens is 2. The van der Waals surface area contributed by atoms with Gasteiger partial charge in [-0.15, -0.1) is 0 Å². The van der Waals surface area contributed by atoms with Gasteiger partial charge in [0, 0.05) is 13.0 Å². The van der Waals surface area contributed by atoms with E-state index in [0.29, 0.717) is 18.0 Å². The van der Waals surface area contributed by atoms with Crippen LogP contribution < -0.4 is 9.47 Å². The third-order valence-corrected chi connectivity index (χ3v) is 3.74. The summed E-state index contributed by atoms with van der Waals surface area (Å²) in [4.78, 5) is 15.8. The van der Waals surface area contributed by atoms with Crippen molar-refractivity contribution in [2.75, 3.05) is 13.7 Å². The Balaban J connectivity index is 1.72. The van der Waals surface area contributed by atoms with Gasteiger partial charge in [0.1, 0.15) is 18.1 Å². The zero-order chi connectivity index (χ0) is 17.6. The molecule has 0 aliphatic heterocycles. The van der Waals surface area contributed by atoms with E-state index in [0.717, 1.165) is 11.0 Å². The van der Waals surface area contributed by atoms with E-state index >= 15 is 0 Å². The number of methoxy groups -OCH3 is 1. The number of nitrogens with zero attached hydrogens (tertiary/aromatic N) is 2. The number of esters is 1. The predicted octanol–water partition coefficient (Wildman–Crippen LogP) is 3.06. The Morgan fingerprint density at radius 2 is 1.96 bits per heavy atom. The molecule has 6 heteroatoms. The molecule has 0 radical (unpaired) electrons. The third-order valence-electron chi connectivity index (χ3n) is 3.74. The zero-order valence-electron chi connectivity index (χ0n) is 14.2. The van der Waals surface area contributed by atoms with Crippen molar-refractivity contribution in [3.8, 4) is 11.5 Å². The van der Waals surface area contributed by atoms with E-state index in [1.807, 2.05) is 47.0 Å². The SMILES string of the molecule is COc1cccc(OC[C@H](Cn2cnc3ccccc32)OC(C)=O)c1. The molecule has 0 bridgehead atoms. The topological polar surface area (TPSA) is 62.6 Å². The number of fused-ring (bicyclic) bond motifs is 1. The van der Waals surface area contributed by atoms with Crippen LogP contribution in [0.15, 0.2) is 54.9 Å². The summed E-state index contributed by atoms with van der Waals surface area (Å²) in [7, 11) is 1.60. The van der Waals surface area contributed by atoms with Crippen molar-refractivity contribution >= 4 is 17.0 Å². The number of rotatable bonds is 7. The maximum atomic E-state index is 11.4. The maximum absolute atomic E-state index is 11.4. The standard InChI is InChI=1S/C19H20N2O4/c1-14(22)25-17(12-24-16-7-5-6-15(10-16)23-2)11-21-13-20-18-8-3-4-9-19(18)21/h3-10,13,17H,11-12H2,1-2H3/t17-/m0/s1. The Kier molecular flexibility index (Phi) is 5.18. The maximum Gasteiger partial charge on any atom is 0.303 e. The van der Waals surface area contributed by atoms with E-state index in [-0.39, 0.29) is 12.6 Å². The molecule has 6 nitrogen and oxygen atoms in total. The highest BCUT2D eigenvalue weighted by molar-refractivity contribution is 5.75. The first-order chi connectivity index (χ1) is 12.2. The number of hydrogen-bond donors (Lipinski definition) is 0. The fourth-order valence-corrected chi connectivity index (χ4v) is 2.61. The van der Waals surface area contributed by atoms with Crippen molar-refractivity contribution in [2.45, 2.75) is 19.6 Å². The van der Waals surface area contributed by atoms with Crippen LogP contribution in [0.25, 0.3) is 11.0 Å². The van der Waals surface area contributed by atoms with Crippen LogP contribution in [-0.2, 0) is 16.1 Å². The molecule has 130 valence electrons. The van der Waals surface area contributed by atoms with Gasteiger partial charge in [-0.25, -0.2) is 4.98 Å². The Labute approximate surface area is 146 Å². The first-order valence-electron chi connectivity index (χ1n) is 7.99. The minimum atomic E-state index is -0.429. The van der Waals surface area contributed by atoms with Crippen LogP contribution in [-0.4, -0.2) is 35.3 Å². The van der Waals surface area contributed by atoms with Crippen molar-refractivity contribution in [2.24, 2.45) is 0 Å². The molecular formula is C19H20N2O4. The number of carbonyl (C=O) groups is 1. The van der Waals surface area contributed by atoms with Crippen LogP contribution in [0.4, 0.5) is 0 Å². The molecule has 3 aromatic rings. The van der Waals surface area contributed by atoms with E-state index in [1.54, 1.807) is 19.5 Å². The smallest absolute Gasteiger partial charge is 0.303 e. The summed E-state index contributed by atoms with van der Waals surface area (Å²) in [5.41, 5.74) is 1.89. The summed E-state index contributed by atoms with van der Waals surface area (Å²) >= 11 is 0.